The second-order valence-corrected chi connectivity index (χ2v) is 5.63. The van der Waals surface area contributed by atoms with E-state index in [9.17, 15) is 0 Å². The van der Waals surface area contributed by atoms with E-state index in [1.807, 2.05) is 7.05 Å². The van der Waals surface area contributed by atoms with Crippen molar-refractivity contribution in [3.63, 3.8) is 0 Å². The highest BCUT2D eigenvalue weighted by molar-refractivity contribution is 7.14. The van der Waals surface area contributed by atoms with Crippen molar-refractivity contribution >= 4 is 22.7 Å². The summed E-state index contributed by atoms with van der Waals surface area (Å²) in [6.07, 6.45) is 2.24. The van der Waals surface area contributed by atoms with Crippen LogP contribution in [0.3, 0.4) is 0 Å². The molecule has 0 aromatic carbocycles. The summed E-state index contributed by atoms with van der Waals surface area (Å²) in [6.45, 7) is 3.21. The van der Waals surface area contributed by atoms with Gasteiger partial charge in [-0.25, -0.2) is 4.98 Å². The molecule has 0 amide bonds. The van der Waals surface area contributed by atoms with Gasteiger partial charge >= 0.3 is 0 Å². The van der Waals surface area contributed by atoms with Crippen molar-refractivity contribution in [3.8, 4) is 10.6 Å². The van der Waals surface area contributed by atoms with E-state index in [4.69, 9.17) is 0 Å². The van der Waals surface area contributed by atoms with Crippen molar-refractivity contribution in [1.82, 2.24) is 10.3 Å². The van der Waals surface area contributed by atoms with Gasteiger partial charge < -0.3 is 5.32 Å². The van der Waals surface area contributed by atoms with Gasteiger partial charge in [0, 0.05) is 11.8 Å². The normalized spacial score (nSPS) is 10.9. The third-order valence-corrected chi connectivity index (χ3v) is 4.41. The Labute approximate surface area is 104 Å². The molecule has 2 heterocycles. The minimum Gasteiger partial charge on any atom is -0.320 e. The van der Waals surface area contributed by atoms with Gasteiger partial charge in [-0.1, -0.05) is 0 Å². The maximum absolute atomic E-state index is 4.69. The zero-order valence-electron chi connectivity index (χ0n) is 9.62. The topological polar surface area (TPSA) is 24.9 Å². The van der Waals surface area contributed by atoms with Crippen molar-refractivity contribution in [2.75, 3.05) is 13.6 Å². The molecule has 2 aromatic rings. The molecule has 86 valence electrons. The number of nitrogens with zero attached hydrogens (tertiary/aromatic N) is 1. The summed E-state index contributed by atoms with van der Waals surface area (Å²) in [5.41, 5.74) is 2.48. The Kier molecular flexibility index (Phi) is 4.09. The maximum atomic E-state index is 4.69. The van der Waals surface area contributed by atoms with Gasteiger partial charge in [0.1, 0.15) is 0 Å². The molecular weight excluding hydrogens is 236 g/mol. The molecule has 0 saturated carbocycles. The number of aromatic nitrogens is 1. The van der Waals surface area contributed by atoms with Gasteiger partial charge in [0.2, 0.25) is 0 Å². The molecule has 2 rings (SSSR count). The Balaban J connectivity index is 2.05. The summed E-state index contributed by atoms with van der Waals surface area (Å²) >= 11 is 3.55. The predicted molar refractivity (Wildman–Crippen MR) is 72.4 cm³/mol. The minimum absolute atomic E-state index is 1.06. The molecule has 0 radical (unpaired) electrons. The van der Waals surface area contributed by atoms with Crippen molar-refractivity contribution in [2.45, 2.75) is 19.8 Å². The average Bonchev–Trinajstić information content (AvgIpc) is 2.87. The van der Waals surface area contributed by atoms with Gasteiger partial charge in [-0.2, -0.15) is 0 Å². The molecule has 0 unspecified atom stereocenters. The zero-order chi connectivity index (χ0) is 11.4. The number of thiazole rings is 1. The summed E-state index contributed by atoms with van der Waals surface area (Å²) in [5.74, 6) is 0. The largest absolute Gasteiger partial charge is 0.320 e. The fourth-order valence-corrected chi connectivity index (χ4v) is 3.38. The van der Waals surface area contributed by atoms with E-state index in [1.54, 1.807) is 22.7 Å². The van der Waals surface area contributed by atoms with E-state index >= 15 is 0 Å². The second-order valence-electron chi connectivity index (χ2n) is 3.77. The van der Waals surface area contributed by atoms with Crippen LogP contribution in [0.4, 0.5) is 0 Å². The van der Waals surface area contributed by atoms with Gasteiger partial charge in [0.25, 0.3) is 0 Å². The van der Waals surface area contributed by atoms with Crippen LogP contribution in [-0.4, -0.2) is 18.6 Å². The Morgan fingerprint density at radius 2 is 2.25 bits per heavy atom. The monoisotopic (exact) mass is 252 g/mol. The lowest BCUT2D eigenvalue weighted by molar-refractivity contribution is 0.722. The highest BCUT2D eigenvalue weighted by Crippen LogP contribution is 2.30. The van der Waals surface area contributed by atoms with Crippen LogP contribution in [0.5, 0.6) is 0 Å². The number of aryl methyl sites for hydroxylation is 2. The predicted octanol–water partition coefficient (Wildman–Crippen LogP) is 3.33. The molecule has 2 nitrogen and oxygen atoms in total. The lowest BCUT2D eigenvalue weighted by atomic mass is 10.2. The fraction of sp³-hybridized carbons (Fsp3) is 0.417. The first kappa shape index (κ1) is 11.8. The molecule has 4 heteroatoms. The fourth-order valence-electron chi connectivity index (χ4n) is 1.58. The van der Waals surface area contributed by atoms with Crippen LogP contribution in [0.15, 0.2) is 16.8 Å². The second kappa shape index (κ2) is 5.57. The quantitative estimate of drug-likeness (QED) is 0.826. The van der Waals surface area contributed by atoms with Gasteiger partial charge in [0.05, 0.1) is 15.6 Å². The molecule has 0 bridgehead atoms. The SMILES string of the molecule is CNCCCc1nc(-c2sccc2C)cs1. The van der Waals surface area contributed by atoms with Crippen molar-refractivity contribution in [2.24, 2.45) is 0 Å². The highest BCUT2D eigenvalue weighted by atomic mass is 32.1. The first-order valence-electron chi connectivity index (χ1n) is 5.44. The standard InChI is InChI=1S/C12H16N2S2/c1-9-5-7-15-12(9)10-8-16-11(14-10)4-3-6-13-2/h5,7-8,13H,3-4,6H2,1-2H3. The molecule has 0 fully saturated rings. The summed E-state index contributed by atoms with van der Waals surface area (Å²) in [4.78, 5) is 6.00. The Morgan fingerprint density at radius 3 is 2.94 bits per heavy atom. The number of hydrogen-bond donors (Lipinski definition) is 1. The molecule has 0 spiro atoms. The first-order chi connectivity index (χ1) is 7.81. The zero-order valence-corrected chi connectivity index (χ0v) is 11.3. The molecular formula is C12H16N2S2. The van der Waals surface area contributed by atoms with E-state index < -0.39 is 0 Å². The first-order valence-corrected chi connectivity index (χ1v) is 7.20. The summed E-state index contributed by atoms with van der Waals surface area (Å²) in [6, 6.07) is 2.15. The summed E-state index contributed by atoms with van der Waals surface area (Å²) < 4.78 is 0. The molecule has 0 aliphatic heterocycles. The van der Waals surface area contributed by atoms with Gasteiger partial charge in [-0.05, 0) is 43.9 Å². The maximum Gasteiger partial charge on any atom is 0.0933 e. The van der Waals surface area contributed by atoms with Crippen LogP contribution in [-0.2, 0) is 6.42 Å². The van der Waals surface area contributed by atoms with Gasteiger partial charge in [0.15, 0.2) is 0 Å². The van der Waals surface area contributed by atoms with Gasteiger partial charge in [-0.3, -0.25) is 0 Å². The molecule has 16 heavy (non-hydrogen) atoms. The third-order valence-electron chi connectivity index (χ3n) is 2.46. The Hall–Kier alpha value is -0.710. The van der Waals surface area contributed by atoms with E-state index in [-0.39, 0.29) is 0 Å². The number of rotatable bonds is 5. The van der Waals surface area contributed by atoms with E-state index in [0.717, 1.165) is 25.1 Å². The van der Waals surface area contributed by atoms with Crippen molar-refractivity contribution in [3.05, 3.63) is 27.4 Å². The smallest absolute Gasteiger partial charge is 0.0933 e. The highest BCUT2D eigenvalue weighted by Gasteiger charge is 2.07. The van der Waals surface area contributed by atoms with Crippen LogP contribution in [0.2, 0.25) is 0 Å². The Bertz CT molecular complexity index is 445. The van der Waals surface area contributed by atoms with Crippen LogP contribution >= 0.6 is 22.7 Å². The van der Waals surface area contributed by atoms with Crippen molar-refractivity contribution in [1.29, 1.82) is 0 Å². The summed E-state index contributed by atoms with van der Waals surface area (Å²) in [7, 11) is 1.99. The van der Waals surface area contributed by atoms with Crippen LogP contribution in [0, 0.1) is 6.92 Å². The minimum atomic E-state index is 1.06. The van der Waals surface area contributed by atoms with Crippen molar-refractivity contribution < 1.29 is 0 Å². The molecule has 0 aliphatic carbocycles. The number of hydrogen-bond acceptors (Lipinski definition) is 4. The van der Waals surface area contributed by atoms with E-state index in [2.05, 4.69) is 34.1 Å². The van der Waals surface area contributed by atoms with Crippen LogP contribution in [0.25, 0.3) is 10.6 Å². The Morgan fingerprint density at radius 1 is 1.38 bits per heavy atom. The summed E-state index contributed by atoms with van der Waals surface area (Å²) in [5, 5.41) is 8.71. The molecule has 0 saturated heterocycles. The van der Waals surface area contributed by atoms with Crippen LogP contribution in [0.1, 0.15) is 17.0 Å². The lowest BCUT2D eigenvalue weighted by Crippen LogP contribution is -2.08. The van der Waals surface area contributed by atoms with Crippen LogP contribution < -0.4 is 5.32 Å². The lowest BCUT2D eigenvalue weighted by Gasteiger charge is -1.96. The van der Waals surface area contributed by atoms with Gasteiger partial charge in [-0.15, -0.1) is 22.7 Å². The molecule has 2 aromatic heterocycles. The third kappa shape index (κ3) is 2.70. The molecule has 0 aliphatic rings. The number of nitrogens with one attached hydrogen (secondary N) is 1. The van der Waals surface area contributed by atoms with E-state index in [1.165, 1.54) is 15.4 Å². The molecule has 0 atom stereocenters. The number of thiophene rings is 1. The molecule has 1 N–H and O–H groups in total. The average molecular weight is 252 g/mol. The van der Waals surface area contributed by atoms with E-state index in [0.29, 0.717) is 0 Å².